The summed E-state index contributed by atoms with van der Waals surface area (Å²) < 4.78 is 0. The highest BCUT2D eigenvalue weighted by molar-refractivity contribution is 6.00. The predicted octanol–water partition coefficient (Wildman–Crippen LogP) is 13.0. The summed E-state index contributed by atoms with van der Waals surface area (Å²) in [5.74, 6) is 0. The minimum atomic E-state index is 1.23. The Hall–Kier alpha value is -5.98. The molecule has 0 fully saturated rings. The third-order valence-electron chi connectivity index (χ3n) is 9.41. The Balaban J connectivity index is 1.03. The summed E-state index contributed by atoms with van der Waals surface area (Å²) in [6.45, 7) is 0. The van der Waals surface area contributed by atoms with Crippen LogP contribution in [0, 0.1) is 0 Å². The Kier molecular flexibility index (Phi) is 6.25. The summed E-state index contributed by atoms with van der Waals surface area (Å²) in [5, 5.41) is 10.1. The molecule has 0 nitrogen and oxygen atoms in total. The Morgan fingerprint density at radius 3 is 1.07 bits per heavy atom. The van der Waals surface area contributed by atoms with Gasteiger partial charge in [-0.15, -0.1) is 0 Å². The second-order valence-corrected chi connectivity index (χ2v) is 12.2. The molecule has 0 saturated carbocycles. The average molecular weight is 583 g/mol. The van der Waals surface area contributed by atoms with Crippen molar-refractivity contribution in [1.82, 2.24) is 0 Å². The van der Waals surface area contributed by atoms with Gasteiger partial charge in [-0.2, -0.15) is 0 Å². The Labute approximate surface area is 268 Å². The standard InChI is InChI=1S/C46H30/c1-3-14-43-31(8-1)10-6-16-45(43)41-13-5-12-33(29-41)34-18-19-36-27-37(21-20-35(36)26-34)38-22-23-40-30-42(25-24-39(40)28-38)46-17-7-11-32-9-2-4-15-44(32)46/h1-30H. The SMILES string of the molecule is c1cc(-c2ccc3cc(-c4ccc5cc(-c6cccc7ccccc67)ccc5c4)ccc3c2)cc(-c2cccc3ccccc23)c1. The molecule has 0 saturated heterocycles. The van der Waals surface area contributed by atoms with Gasteiger partial charge in [0.2, 0.25) is 0 Å². The molecule has 46 heavy (non-hydrogen) atoms. The molecule has 0 N–H and O–H groups in total. The molecule has 9 aromatic carbocycles. The highest BCUT2D eigenvalue weighted by atomic mass is 14.1. The zero-order valence-corrected chi connectivity index (χ0v) is 25.3. The first-order valence-electron chi connectivity index (χ1n) is 15.9. The molecule has 214 valence electrons. The van der Waals surface area contributed by atoms with Crippen molar-refractivity contribution in [3.05, 3.63) is 182 Å². The van der Waals surface area contributed by atoms with E-state index in [1.54, 1.807) is 0 Å². The van der Waals surface area contributed by atoms with E-state index in [1.165, 1.54) is 87.6 Å². The molecule has 9 aromatic rings. The molecule has 0 spiro atoms. The van der Waals surface area contributed by atoms with E-state index in [0.29, 0.717) is 0 Å². The van der Waals surface area contributed by atoms with Crippen LogP contribution in [0.25, 0.3) is 87.6 Å². The number of hydrogen-bond donors (Lipinski definition) is 0. The van der Waals surface area contributed by atoms with E-state index in [1.807, 2.05) is 0 Å². The van der Waals surface area contributed by atoms with Gasteiger partial charge in [-0.05, 0) is 118 Å². The van der Waals surface area contributed by atoms with Gasteiger partial charge in [0.15, 0.2) is 0 Å². The molecule has 0 aliphatic rings. The van der Waals surface area contributed by atoms with Crippen LogP contribution in [0.2, 0.25) is 0 Å². The lowest BCUT2D eigenvalue weighted by molar-refractivity contribution is 1.61. The maximum atomic E-state index is 2.32. The van der Waals surface area contributed by atoms with Crippen LogP contribution < -0.4 is 0 Å². The molecule has 0 radical (unpaired) electrons. The molecule has 0 unspecified atom stereocenters. The zero-order valence-electron chi connectivity index (χ0n) is 25.3. The fraction of sp³-hybridized carbons (Fsp3) is 0. The minimum absolute atomic E-state index is 1.23. The van der Waals surface area contributed by atoms with Crippen LogP contribution in [-0.2, 0) is 0 Å². The van der Waals surface area contributed by atoms with Crippen molar-refractivity contribution in [2.45, 2.75) is 0 Å². The summed E-state index contributed by atoms with van der Waals surface area (Å²) in [5.41, 5.74) is 9.97. The van der Waals surface area contributed by atoms with Crippen molar-refractivity contribution in [1.29, 1.82) is 0 Å². The molecule has 0 heteroatoms. The summed E-state index contributed by atoms with van der Waals surface area (Å²) in [6.07, 6.45) is 0. The number of fused-ring (bicyclic) bond motifs is 4. The van der Waals surface area contributed by atoms with Gasteiger partial charge in [0.05, 0.1) is 0 Å². The van der Waals surface area contributed by atoms with Crippen LogP contribution in [0.15, 0.2) is 182 Å². The van der Waals surface area contributed by atoms with Crippen molar-refractivity contribution in [2.24, 2.45) is 0 Å². The number of rotatable bonds is 4. The van der Waals surface area contributed by atoms with Gasteiger partial charge >= 0.3 is 0 Å². The first-order valence-corrected chi connectivity index (χ1v) is 15.9. The monoisotopic (exact) mass is 582 g/mol. The van der Waals surface area contributed by atoms with Crippen LogP contribution in [0.5, 0.6) is 0 Å². The van der Waals surface area contributed by atoms with Crippen LogP contribution in [0.3, 0.4) is 0 Å². The maximum Gasteiger partial charge on any atom is -0.0105 e. The Morgan fingerprint density at radius 1 is 0.196 bits per heavy atom. The van der Waals surface area contributed by atoms with E-state index < -0.39 is 0 Å². The third-order valence-corrected chi connectivity index (χ3v) is 9.41. The van der Waals surface area contributed by atoms with Crippen molar-refractivity contribution in [2.75, 3.05) is 0 Å². The first kappa shape index (κ1) is 26.4. The van der Waals surface area contributed by atoms with Crippen molar-refractivity contribution < 1.29 is 0 Å². The molecule has 0 aliphatic heterocycles. The van der Waals surface area contributed by atoms with Gasteiger partial charge in [0.1, 0.15) is 0 Å². The van der Waals surface area contributed by atoms with E-state index in [2.05, 4.69) is 182 Å². The van der Waals surface area contributed by atoms with E-state index in [-0.39, 0.29) is 0 Å². The molecule has 0 atom stereocenters. The molecule has 0 amide bonds. The zero-order chi connectivity index (χ0) is 30.5. The van der Waals surface area contributed by atoms with Crippen LogP contribution >= 0.6 is 0 Å². The van der Waals surface area contributed by atoms with E-state index in [4.69, 9.17) is 0 Å². The molecule has 0 bridgehead atoms. The topological polar surface area (TPSA) is 0 Å². The largest absolute Gasteiger partial charge is 0.0616 e. The lowest BCUT2D eigenvalue weighted by Gasteiger charge is -2.11. The average Bonchev–Trinajstić information content (AvgIpc) is 3.13. The van der Waals surface area contributed by atoms with E-state index >= 15 is 0 Å². The van der Waals surface area contributed by atoms with Gasteiger partial charge in [-0.1, -0.05) is 152 Å². The summed E-state index contributed by atoms with van der Waals surface area (Å²) >= 11 is 0. The molecule has 9 rings (SSSR count). The molecule has 0 heterocycles. The third kappa shape index (κ3) is 4.64. The highest BCUT2D eigenvalue weighted by Crippen LogP contribution is 2.35. The second kappa shape index (κ2) is 10.9. The van der Waals surface area contributed by atoms with Crippen LogP contribution in [-0.4, -0.2) is 0 Å². The number of hydrogen-bond acceptors (Lipinski definition) is 0. The first-order chi connectivity index (χ1) is 22.8. The lowest BCUT2D eigenvalue weighted by Crippen LogP contribution is -1.85. The molecular weight excluding hydrogens is 553 g/mol. The van der Waals surface area contributed by atoms with Gasteiger partial charge in [-0.3, -0.25) is 0 Å². The smallest absolute Gasteiger partial charge is 0.0105 e. The molecule has 0 aromatic heterocycles. The summed E-state index contributed by atoms with van der Waals surface area (Å²) in [6, 6.07) is 66.6. The van der Waals surface area contributed by atoms with Crippen LogP contribution in [0.1, 0.15) is 0 Å². The number of benzene rings is 9. The summed E-state index contributed by atoms with van der Waals surface area (Å²) in [4.78, 5) is 0. The van der Waals surface area contributed by atoms with Gasteiger partial charge in [0, 0.05) is 0 Å². The van der Waals surface area contributed by atoms with E-state index in [0.717, 1.165) is 0 Å². The van der Waals surface area contributed by atoms with Crippen molar-refractivity contribution >= 4 is 43.1 Å². The van der Waals surface area contributed by atoms with Gasteiger partial charge in [-0.25, -0.2) is 0 Å². The molecule has 0 aliphatic carbocycles. The Bertz CT molecular complexity index is 2580. The predicted molar refractivity (Wildman–Crippen MR) is 198 cm³/mol. The van der Waals surface area contributed by atoms with Gasteiger partial charge in [0.25, 0.3) is 0 Å². The van der Waals surface area contributed by atoms with Crippen molar-refractivity contribution in [3.8, 4) is 44.5 Å². The highest BCUT2D eigenvalue weighted by Gasteiger charge is 2.09. The second-order valence-electron chi connectivity index (χ2n) is 12.2. The fourth-order valence-corrected chi connectivity index (χ4v) is 7.02. The van der Waals surface area contributed by atoms with Gasteiger partial charge < -0.3 is 0 Å². The summed E-state index contributed by atoms with van der Waals surface area (Å²) in [7, 11) is 0. The Morgan fingerprint density at radius 2 is 0.543 bits per heavy atom. The maximum absolute atomic E-state index is 2.32. The fourth-order valence-electron chi connectivity index (χ4n) is 7.02. The quantitative estimate of drug-likeness (QED) is 0.194. The van der Waals surface area contributed by atoms with E-state index in [9.17, 15) is 0 Å². The van der Waals surface area contributed by atoms with Crippen LogP contribution in [0.4, 0.5) is 0 Å². The normalized spacial score (nSPS) is 11.5. The lowest BCUT2D eigenvalue weighted by atomic mass is 9.93. The minimum Gasteiger partial charge on any atom is -0.0616 e. The van der Waals surface area contributed by atoms with Crippen molar-refractivity contribution in [3.63, 3.8) is 0 Å². The molecular formula is C46H30.